The van der Waals surface area contributed by atoms with Crippen LogP contribution in [0.15, 0.2) is 42.5 Å². The van der Waals surface area contributed by atoms with Crippen LogP contribution >= 0.6 is 0 Å². The van der Waals surface area contributed by atoms with Crippen LogP contribution < -0.4 is 20.7 Å². The molecule has 0 radical (unpaired) electrons. The number of ether oxygens (including phenoxy) is 2. The van der Waals surface area contributed by atoms with Gasteiger partial charge >= 0.3 is 5.97 Å². The molecule has 2 aromatic carbocycles. The number of nitrogens with one attached hydrogen (secondary N) is 4. The molecule has 1 aliphatic heterocycles. The standard InChI is InChI=1S/C33H39FN4O7/c1-18(2)13-26(38-33(43)27-15-22-24(36-27)9-6-10-29(22)44-4)32(42)37-25(14-20-11-12-35-31(20)41)28(39)17-45-30(40)16-21-19(3)7-5-8-23(21)34/h5-10,15,18,20,25-26,36H,11-14,16-17H2,1-4H3,(H,35,41)(H,37,42)(H,38,43)/t20-,25-,26-/m0/s1. The fraction of sp³-hybridized carbons (Fsp3) is 0.424. The van der Waals surface area contributed by atoms with Gasteiger partial charge < -0.3 is 30.4 Å². The molecule has 1 saturated heterocycles. The van der Waals surface area contributed by atoms with Gasteiger partial charge in [0.2, 0.25) is 11.8 Å². The monoisotopic (exact) mass is 622 g/mol. The number of H-pyrrole nitrogens is 1. The highest BCUT2D eigenvalue weighted by Gasteiger charge is 2.34. The van der Waals surface area contributed by atoms with E-state index >= 15 is 0 Å². The number of esters is 1. The minimum absolute atomic E-state index is 0.00131. The van der Waals surface area contributed by atoms with Crippen molar-refractivity contribution in [3.8, 4) is 5.75 Å². The Morgan fingerprint density at radius 1 is 1.07 bits per heavy atom. The third-order valence-corrected chi connectivity index (χ3v) is 7.86. The molecule has 3 atom stereocenters. The van der Waals surface area contributed by atoms with Crippen molar-refractivity contribution < 1.29 is 37.8 Å². The molecule has 45 heavy (non-hydrogen) atoms. The molecule has 3 aromatic rings. The molecular formula is C33H39FN4O7. The highest BCUT2D eigenvalue weighted by Crippen LogP contribution is 2.26. The van der Waals surface area contributed by atoms with E-state index in [1.54, 1.807) is 37.3 Å². The third-order valence-electron chi connectivity index (χ3n) is 7.86. The number of amides is 3. The van der Waals surface area contributed by atoms with Crippen LogP contribution in [0.4, 0.5) is 4.39 Å². The Bertz CT molecular complexity index is 1560. The Morgan fingerprint density at radius 3 is 2.49 bits per heavy atom. The number of aryl methyl sites for hydroxylation is 1. The Hall–Kier alpha value is -4.74. The zero-order valence-corrected chi connectivity index (χ0v) is 25.8. The predicted molar refractivity (Wildman–Crippen MR) is 164 cm³/mol. The molecule has 4 rings (SSSR count). The number of ketones is 1. The molecule has 12 heteroatoms. The van der Waals surface area contributed by atoms with Gasteiger partial charge in [-0.25, -0.2) is 4.39 Å². The number of benzene rings is 2. The van der Waals surface area contributed by atoms with Crippen LogP contribution in [-0.2, 0) is 30.3 Å². The molecule has 0 bridgehead atoms. The second kappa shape index (κ2) is 14.8. The number of Topliss-reactive ketones (excluding diaryl/α,β-unsaturated/α-hetero) is 1. The van der Waals surface area contributed by atoms with E-state index in [2.05, 4.69) is 20.9 Å². The van der Waals surface area contributed by atoms with Crippen molar-refractivity contribution in [2.24, 2.45) is 11.8 Å². The first-order chi connectivity index (χ1) is 21.5. The predicted octanol–water partition coefficient (Wildman–Crippen LogP) is 3.13. The van der Waals surface area contributed by atoms with Gasteiger partial charge in [-0.2, -0.15) is 0 Å². The number of fused-ring (bicyclic) bond motifs is 1. The van der Waals surface area contributed by atoms with Gasteiger partial charge in [-0.3, -0.25) is 24.0 Å². The largest absolute Gasteiger partial charge is 0.496 e. The van der Waals surface area contributed by atoms with E-state index in [0.29, 0.717) is 35.2 Å². The Morgan fingerprint density at radius 2 is 1.82 bits per heavy atom. The topological polar surface area (TPSA) is 156 Å². The Labute approximate surface area is 260 Å². The maximum Gasteiger partial charge on any atom is 0.310 e. The summed E-state index contributed by atoms with van der Waals surface area (Å²) < 4.78 is 24.7. The fourth-order valence-corrected chi connectivity index (χ4v) is 5.40. The van der Waals surface area contributed by atoms with Crippen LogP contribution in [0.25, 0.3) is 10.9 Å². The number of hydrogen-bond acceptors (Lipinski definition) is 7. The minimum atomic E-state index is -1.17. The number of methoxy groups -OCH3 is 1. The van der Waals surface area contributed by atoms with Crippen LogP contribution in [0, 0.1) is 24.6 Å². The van der Waals surface area contributed by atoms with Crippen molar-refractivity contribution in [2.45, 2.75) is 58.5 Å². The molecule has 3 amide bonds. The number of halogens is 1. The van der Waals surface area contributed by atoms with Crippen molar-refractivity contribution in [1.29, 1.82) is 0 Å². The molecule has 0 aliphatic carbocycles. The first-order valence-electron chi connectivity index (χ1n) is 14.9. The summed E-state index contributed by atoms with van der Waals surface area (Å²) in [6, 6.07) is 9.24. The number of carbonyl (C=O) groups is 5. The number of aromatic amines is 1. The minimum Gasteiger partial charge on any atom is -0.496 e. The number of rotatable bonds is 14. The average Bonchev–Trinajstić information content (AvgIpc) is 3.62. The lowest BCUT2D eigenvalue weighted by molar-refractivity contribution is -0.148. The van der Waals surface area contributed by atoms with E-state index in [1.807, 2.05) is 13.8 Å². The molecule has 1 aliphatic rings. The molecule has 11 nitrogen and oxygen atoms in total. The lowest BCUT2D eigenvalue weighted by atomic mass is 9.95. The summed E-state index contributed by atoms with van der Waals surface area (Å²) in [6.07, 6.45) is 0.365. The van der Waals surface area contributed by atoms with Crippen LogP contribution in [0.2, 0.25) is 0 Å². The maximum absolute atomic E-state index is 14.2. The zero-order valence-electron chi connectivity index (χ0n) is 25.8. The molecule has 4 N–H and O–H groups in total. The van der Waals surface area contributed by atoms with E-state index in [4.69, 9.17) is 9.47 Å². The van der Waals surface area contributed by atoms with Crippen molar-refractivity contribution >= 4 is 40.4 Å². The summed E-state index contributed by atoms with van der Waals surface area (Å²) in [7, 11) is 1.53. The summed E-state index contributed by atoms with van der Waals surface area (Å²) in [6.45, 7) is 5.21. The van der Waals surface area contributed by atoms with E-state index in [0.717, 1.165) is 0 Å². The zero-order chi connectivity index (χ0) is 32.7. The fourth-order valence-electron chi connectivity index (χ4n) is 5.40. The lowest BCUT2D eigenvalue weighted by Crippen LogP contribution is -2.53. The number of aromatic nitrogens is 1. The molecule has 2 heterocycles. The first-order valence-corrected chi connectivity index (χ1v) is 14.9. The maximum atomic E-state index is 14.2. The highest BCUT2D eigenvalue weighted by molar-refractivity contribution is 6.02. The summed E-state index contributed by atoms with van der Waals surface area (Å²) in [5, 5.41) is 8.88. The van der Waals surface area contributed by atoms with Crippen molar-refractivity contribution in [3.05, 3.63) is 65.1 Å². The van der Waals surface area contributed by atoms with Gasteiger partial charge in [0.15, 0.2) is 12.4 Å². The lowest BCUT2D eigenvalue weighted by Gasteiger charge is -2.25. The first kappa shape index (κ1) is 33.2. The summed E-state index contributed by atoms with van der Waals surface area (Å²) in [5.41, 5.74) is 1.65. The molecular weight excluding hydrogens is 583 g/mol. The van der Waals surface area contributed by atoms with Gasteiger partial charge in [-0.05, 0) is 61.9 Å². The molecule has 0 saturated carbocycles. The van der Waals surface area contributed by atoms with Gasteiger partial charge in [-0.15, -0.1) is 0 Å². The van der Waals surface area contributed by atoms with Crippen LogP contribution in [0.1, 0.15) is 54.7 Å². The quantitative estimate of drug-likeness (QED) is 0.201. The van der Waals surface area contributed by atoms with Crippen molar-refractivity contribution in [3.63, 3.8) is 0 Å². The SMILES string of the molecule is COc1cccc2[nH]c(C(=O)N[C@@H](CC(C)C)C(=O)N[C@@H](C[C@@H]3CCNC3=O)C(=O)COC(=O)Cc3c(C)cccc3F)cc12. The van der Waals surface area contributed by atoms with Gasteiger partial charge in [0.25, 0.3) is 5.91 Å². The van der Waals surface area contributed by atoms with Crippen molar-refractivity contribution in [1.82, 2.24) is 20.9 Å². The van der Waals surface area contributed by atoms with E-state index < -0.39 is 54.0 Å². The van der Waals surface area contributed by atoms with E-state index in [1.165, 1.54) is 19.2 Å². The third kappa shape index (κ3) is 8.46. The molecule has 0 spiro atoms. The Kier molecular flexibility index (Phi) is 10.9. The summed E-state index contributed by atoms with van der Waals surface area (Å²) in [5.74, 6) is -3.31. The Balaban J connectivity index is 1.47. The van der Waals surface area contributed by atoms with Crippen LogP contribution in [0.3, 0.4) is 0 Å². The molecule has 240 valence electrons. The highest BCUT2D eigenvalue weighted by atomic mass is 19.1. The second-order valence-electron chi connectivity index (χ2n) is 11.7. The number of hydrogen-bond donors (Lipinski definition) is 4. The summed E-state index contributed by atoms with van der Waals surface area (Å²) >= 11 is 0. The normalized spacial score (nSPS) is 15.8. The van der Waals surface area contributed by atoms with Crippen LogP contribution in [-0.4, -0.2) is 66.8 Å². The van der Waals surface area contributed by atoms with Crippen LogP contribution in [0.5, 0.6) is 5.75 Å². The summed E-state index contributed by atoms with van der Waals surface area (Å²) in [4.78, 5) is 68.0. The van der Waals surface area contributed by atoms with Gasteiger partial charge in [0.05, 0.1) is 19.6 Å². The number of carbonyl (C=O) groups excluding carboxylic acids is 5. The van der Waals surface area contributed by atoms with E-state index in [-0.39, 0.29) is 42.3 Å². The van der Waals surface area contributed by atoms with Crippen molar-refractivity contribution in [2.75, 3.05) is 20.3 Å². The second-order valence-corrected chi connectivity index (χ2v) is 11.7. The molecule has 1 fully saturated rings. The van der Waals surface area contributed by atoms with Gasteiger partial charge in [0, 0.05) is 28.9 Å². The average molecular weight is 623 g/mol. The smallest absolute Gasteiger partial charge is 0.310 e. The van der Waals surface area contributed by atoms with E-state index in [9.17, 15) is 28.4 Å². The van der Waals surface area contributed by atoms with Gasteiger partial charge in [0.1, 0.15) is 23.3 Å². The molecule has 1 aromatic heterocycles. The molecule has 0 unspecified atom stereocenters. The van der Waals surface area contributed by atoms with Gasteiger partial charge in [-0.1, -0.05) is 32.0 Å².